The molecule has 148 valence electrons. The van der Waals surface area contributed by atoms with Crippen molar-refractivity contribution in [2.24, 2.45) is 0 Å². The van der Waals surface area contributed by atoms with Crippen LogP contribution in [0.5, 0.6) is 11.5 Å². The van der Waals surface area contributed by atoms with Crippen LogP contribution in [0.3, 0.4) is 0 Å². The predicted molar refractivity (Wildman–Crippen MR) is 113 cm³/mol. The lowest BCUT2D eigenvalue weighted by Crippen LogP contribution is -2.13. The van der Waals surface area contributed by atoms with Crippen molar-refractivity contribution in [1.82, 2.24) is 5.32 Å². The van der Waals surface area contributed by atoms with Gasteiger partial charge in [0, 0.05) is 13.1 Å². The molecule has 3 aromatic carbocycles. The molecule has 0 unspecified atom stereocenters. The van der Waals surface area contributed by atoms with Crippen molar-refractivity contribution in [2.45, 2.75) is 26.6 Å². The number of benzene rings is 3. The predicted octanol–water partition coefficient (Wildman–Crippen LogP) is 5.52. The van der Waals surface area contributed by atoms with E-state index in [0.717, 1.165) is 28.2 Å². The summed E-state index contributed by atoms with van der Waals surface area (Å²) in [6, 6.07) is 22.6. The van der Waals surface area contributed by atoms with Gasteiger partial charge < -0.3 is 14.8 Å². The van der Waals surface area contributed by atoms with E-state index in [0.29, 0.717) is 26.3 Å². The van der Waals surface area contributed by atoms with E-state index in [9.17, 15) is 4.39 Å². The van der Waals surface area contributed by atoms with E-state index >= 15 is 0 Å². The van der Waals surface area contributed by atoms with Crippen LogP contribution in [0.15, 0.2) is 72.8 Å². The fraction of sp³-hybridized carbons (Fsp3) is 0.217. The van der Waals surface area contributed by atoms with Crippen molar-refractivity contribution in [3.8, 4) is 11.5 Å². The normalized spacial score (nSPS) is 10.2. The van der Waals surface area contributed by atoms with Crippen molar-refractivity contribution in [1.29, 1.82) is 0 Å². The van der Waals surface area contributed by atoms with Crippen molar-refractivity contribution >= 4 is 12.4 Å². The highest BCUT2D eigenvalue weighted by atomic mass is 35.5. The van der Waals surface area contributed by atoms with Gasteiger partial charge >= 0.3 is 0 Å². The molecular formula is C23H25ClFNO2. The van der Waals surface area contributed by atoms with E-state index in [-0.39, 0.29) is 18.2 Å². The largest absolute Gasteiger partial charge is 0.490 e. The second-order valence-corrected chi connectivity index (χ2v) is 6.22. The van der Waals surface area contributed by atoms with Crippen LogP contribution in [-0.4, -0.2) is 6.61 Å². The summed E-state index contributed by atoms with van der Waals surface area (Å²) in [7, 11) is 0. The Balaban J connectivity index is 0.00000280. The standard InChI is InChI=1S/C23H24FNO2.ClH/c1-2-26-23-14-20(16-25-15-18-8-11-21(24)12-9-18)10-13-22(23)27-17-19-6-4-3-5-7-19;/h3-14,25H,2,15-17H2,1H3;1H. The van der Waals surface area contributed by atoms with E-state index in [4.69, 9.17) is 9.47 Å². The van der Waals surface area contributed by atoms with Gasteiger partial charge in [0.1, 0.15) is 12.4 Å². The van der Waals surface area contributed by atoms with Crippen LogP contribution in [0.1, 0.15) is 23.6 Å². The maximum Gasteiger partial charge on any atom is 0.161 e. The molecule has 3 nitrogen and oxygen atoms in total. The Hall–Kier alpha value is -2.56. The first kappa shape index (κ1) is 21.7. The summed E-state index contributed by atoms with van der Waals surface area (Å²) in [6.07, 6.45) is 0. The average Bonchev–Trinajstić information content (AvgIpc) is 2.70. The van der Waals surface area contributed by atoms with Gasteiger partial charge in [0.25, 0.3) is 0 Å². The number of ether oxygens (including phenoxy) is 2. The molecule has 0 heterocycles. The lowest BCUT2D eigenvalue weighted by atomic mass is 10.1. The maximum absolute atomic E-state index is 13.0. The molecule has 3 rings (SSSR count). The summed E-state index contributed by atoms with van der Waals surface area (Å²) in [5, 5.41) is 3.37. The van der Waals surface area contributed by atoms with Crippen LogP contribution in [-0.2, 0) is 19.7 Å². The molecule has 0 amide bonds. The number of hydrogen-bond acceptors (Lipinski definition) is 3. The van der Waals surface area contributed by atoms with Crippen molar-refractivity contribution < 1.29 is 13.9 Å². The second-order valence-electron chi connectivity index (χ2n) is 6.22. The third-order valence-corrected chi connectivity index (χ3v) is 4.12. The summed E-state index contributed by atoms with van der Waals surface area (Å²) in [4.78, 5) is 0. The van der Waals surface area contributed by atoms with Gasteiger partial charge in [-0.2, -0.15) is 0 Å². The molecule has 0 saturated carbocycles. The van der Waals surface area contributed by atoms with Crippen LogP contribution in [0.25, 0.3) is 0 Å². The third kappa shape index (κ3) is 6.55. The second kappa shape index (κ2) is 11.3. The molecule has 5 heteroatoms. The highest BCUT2D eigenvalue weighted by molar-refractivity contribution is 5.85. The molecule has 0 aliphatic carbocycles. The number of rotatable bonds is 9. The highest BCUT2D eigenvalue weighted by Crippen LogP contribution is 2.29. The third-order valence-electron chi connectivity index (χ3n) is 4.12. The lowest BCUT2D eigenvalue weighted by Gasteiger charge is -2.14. The molecule has 3 aromatic rings. The zero-order valence-corrected chi connectivity index (χ0v) is 16.7. The van der Waals surface area contributed by atoms with Gasteiger partial charge in [-0.3, -0.25) is 0 Å². The molecule has 0 fully saturated rings. The summed E-state index contributed by atoms with van der Waals surface area (Å²) >= 11 is 0. The summed E-state index contributed by atoms with van der Waals surface area (Å²) in [5.74, 6) is 1.27. The molecule has 28 heavy (non-hydrogen) atoms. The van der Waals surface area contributed by atoms with E-state index in [1.807, 2.05) is 55.5 Å². The summed E-state index contributed by atoms with van der Waals surface area (Å²) in [5.41, 5.74) is 3.27. The Bertz CT molecular complexity index is 841. The molecule has 0 radical (unpaired) electrons. The first-order valence-electron chi connectivity index (χ1n) is 9.12. The number of nitrogens with one attached hydrogen (secondary N) is 1. The topological polar surface area (TPSA) is 30.5 Å². The molecule has 0 bridgehead atoms. The van der Waals surface area contributed by atoms with Crippen molar-refractivity contribution in [2.75, 3.05) is 6.61 Å². The Kier molecular flexibility index (Phi) is 8.79. The minimum absolute atomic E-state index is 0. The van der Waals surface area contributed by atoms with Crippen LogP contribution in [0.4, 0.5) is 4.39 Å². The van der Waals surface area contributed by atoms with Crippen LogP contribution in [0.2, 0.25) is 0 Å². The van der Waals surface area contributed by atoms with Gasteiger partial charge in [0.2, 0.25) is 0 Å². The average molecular weight is 402 g/mol. The van der Waals surface area contributed by atoms with Gasteiger partial charge in [-0.15, -0.1) is 12.4 Å². The Morgan fingerprint density at radius 1 is 0.750 bits per heavy atom. The van der Waals surface area contributed by atoms with E-state index in [1.165, 1.54) is 12.1 Å². The quantitative estimate of drug-likeness (QED) is 0.512. The van der Waals surface area contributed by atoms with Crippen LogP contribution in [0, 0.1) is 5.82 Å². The zero-order chi connectivity index (χ0) is 18.9. The Morgan fingerprint density at radius 3 is 2.14 bits per heavy atom. The minimum atomic E-state index is -0.216. The SMILES string of the molecule is CCOc1cc(CNCc2ccc(F)cc2)ccc1OCc1ccccc1.Cl. The summed E-state index contributed by atoms with van der Waals surface area (Å²) < 4.78 is 24.6. The van der Waals surface area contributed by atoms with Gasteiger partial charge in [0.15, 0.2) is 11.5 Å². The molecule has 0 aliphatic heterocycles. The fourth-order valence-corrected chi connectivity index (χ4v) is 2.74. The molecule has 0 atom stereocenters. The van der Waals surface area contributed by atoms with Gasteiger partial charge in [-0.05, 0) is 47.9 Å². The minimum Gasteiger partial charge on any atom is -0.490 e. The van der Waals surface area contributed by atoms with E-state index in [2.05, 4.69) is 5.32 Å². The van der Waals surface area contributed by atoms with Crippen molar-refractivity contribution in [3.05, 3.63) is 95.3 Å². The van der Waals surface area contributed by atoms with E-state index < -0.39 is 0 Å². The molecule has 0 aliphatic rings. The Labute approximate surface area is 171 Å². The van der Waals surface area contributed by atoms with Gasteiger partial charge in [-0.25, -0.2) is 4.39 Å². The molecule has 1 N–H and O–H groups in total. The van der Waals surface area contributed by atoms with Crippen LogP contribution < -0.4 is 14.8 Å². The highest BCUT2D eigenvalue weighted by Gasteiger charge is 2.07. The Morgan fingerprint density at radius 2 is 1.43 bits per heavy atom. The number of hydrogen-bond donors (Lipinski definition) is 1. The first-order valence-corrected chi connectivity index (χ1v) is 9.12. The smallest absolute Gasteiger partial charge is 0.161 e. The maximum atomic E-state index is 13.0. The monoisotopic (exact) mass is 401 g/mol. The number of halogens is 2. The molecule has 0 saturated heterocycles. The summed E-state index contributed by atoms with van der Waals surface area (Å²) in [6.45, 7) is 4.41. The van der Waals surface area contributed by atoms with Crippen LogP contribution >= 0.6 is 12.4 Å². The lowest BCUT2D eigenvalue weighted by molar-refractivity contribution is 0.269. The van der Waals surface area contributed by atoms with Gasteiger partial charge in [-0.1, -0.05) is 48.5 Å². The fourth-order valence-electron chi connectivity index (χ4n) is 2.74. The zero-order valence-electron chi connectivity index (χ0n) is 15.9. The molecular weight excluding hydrogens is 377 g/mol. The van der Waals surface area contributed by atoms with Gasteiger partial charge in [0.05, 0.1) is 6.61 Å². The molecule has 0 aromatic heterocycles. The molecule has 0 spiro atoms. The van der Waals surface area contributed by atoms with E-state index in [1.54, 1.807) is 12.1 Å². The van der Waals surface area contributed by atoms with Crippen molar-refractivity contribution in [3.63, 3.8) is 0 Å². The first-order chi connectivity index (χ1) is 13.2.